The standard InChI is InChI=1S/C12H16FN3O3/c1-4-5-15(3)12(17)8-6-10(14-2)9(13)7-11(8)16(18)19/h6-7,14H,4-5H2,1-3H3. The van der Waals surface area contributed by atoms with Crippen LogP contribution < -0.4 is 5.32 Å². The number of amides is 1. The van der Waals surface area contributed by atoms with Gasteiger partial charge in [0.15, 0.2) is 5.82 Å². The average molecular weight is 269 g/mol. The van der Waals surface area contributed by atoms with E-state index < -0.39 is 22.3 Å². The van der Waals surface area contributed by atoms with E-state index in [9.17, 15) is 19.3 Å². The van der Waals surface area contributed by atoms with Crippen LogP contribution in [0.5, 0.6) is 0 Å². The van der Waals surface area contributed by atoms with Gasteiger partial charge in [-0.05, 0) is 12.5 Å². The molecule has 104 valence electrons. The molecule has 0 atom stereocenters. The van der Waals surface area contributed by atoms with Crippen molar-refractivity contribution in [2.45, 2.75) is 13.3 Å². The third-order valence-corrected chi connectivity index (χ3v) is 2.69. The van der Waals surface area contributed by atoms with Crippen LogP contribution in [0.1, 0.15) is 23.7 Å². The van der Waals surface area contributed by atoms with Gasteiger partial charge < -0.3 is 10.2 Å². The van der Waals surface area contributed by atoms with Crippen LogP contribution in [-0.4, -0.2) is 36.4 Å². The number of halogens is 1. The number of anilines is 1. The average Bonchev–Trinajstić information content (AvgIpc) is 2.37. The van der Waals surface area contributed by atoms with E-state index >= 15 is 0 Å². The number of nitrogens with zero attached hydrogens (tertiary/aromatic N) is 2. The van der Waals surface area contributed by atoms with Crippen LogP contribution in [0.4, 0.5) is 15.8 Å². The summed E-state index contributed by atoms with van der Waals surface area (Å²) in [7, 11) is 3.03. The lowest BCUT2D eigenvalue weighted by molar-refractivity contribution is -0.385. The second-order valence-electron chi connectivity index (χ2n) is 4.08. The van der Waals surface area contributed by atoms with Crippen molar-refractivity contribution in [3.63, 3.8) is 0 Å². The van der Waals surface area contributed by atoms with Crippen molar-refractivity contribution < 1.29 is 14.1 Å². The van der Waals surface area contributed by atoms with Crippen molar-refractivity contribution in [2.75, 3.05) is 26.0 Å². The number of nitrogens with one attached hydrogen (secondary N) is 1. The minimum Gasteiger partial charge on any atom is -0.386 e. The van der Waals surface area contributed by atoms with Crippen molar-refractivity contribution in [2.24, 2.45) is 0 Å². The molecule has 1 aromatic rings. The highest BCUT2D eigenvalue weighted by atomic mass is 19.1. The largest absolute Gasteiger partial charge is 0.386 e. The lowest BCUT2D eigenvalue weighted by Gasteiger charge is -2.16. The Bertz CT molecular complexity index is 505. The molecule has 0 fully saturated rings. The van der Waals surface area contributed by atoms with Gasteiger partial charge in [0, 0.05) is 20.6 Å². The van der Waals surface area contributed by atoms with E-state index in [1.807, 2.05) is 6.92 Å². The summed E-state index contributed by atoms with van der Waals surface area (Å²) in [5.41, 5.74) is -0.588. The molecule has 6 nitrogen and oxygen atoms in total. The number of nitro benzene ring substituents is 1. The van der Waals surface area contributed by atoms with Crippen molar-refractivity contribution in [3.05, 3.63) is 33.6 Å². The highest BCUT2D eigenvalue weighted by Gasteiger charge is 2.25. The third-order valence-electron chi connectivity index (χ3n) is 2.69. The summed E-state index contributed by atoms with van der Waals surface area (Å²) >= 11 is 0. The van der Waals surface area contributed by atoms with Crippen LogP contribution in [-0.2, 0) is 0 Å². The lowest BCUT2D eigenvalue weighted by atomic mass is 10.1. The maximum atomic E-state index is 13.5. The van der Waals surface area contributed by atoms with Crippen LogP contribution in [0, 0.1) is 15.9 Å². The second-order valence-corrected chi connectivity index (χ2v) is 4.08. The molecule has 0 aromatic heterocycles. The molecule has 0 unspecified atom stereocenters. The number of hydrogen-bond donors (Lipinski definition) is 1. The number of carbonyl (C=O) groups excluding carboxylic acids is 1. The summed E-state index contributed by atoms with van der Waals surface area (Å²) in [4.78, 5) is 23.6. The Labute approximate surface area is 110 Å². The predicted molar refractivity (Wildman–Crippen MR) is 69.9 cm³/mol. The molecule has 1 N–H and O–H groups in total. The molecule has 1 aromatic carbocycles. The third kappa shape index (κ3) is 3.18. The fourth-order valence-electron chi connectivity index (χ4n) is 1.72. The van der Waals surface area contributed by atoms with Gasteiger partial charge in [-0.15, -0.1) is 0 Å². The van der Waals surface area contributed by atoms with Gasteiger partial charge in [0.1, 0.15) is 5.56 Å². The van der Waals surface area contributed by atoms with E-state index in [2.05, 4.69) is 5.32 Å². The van der Waals surface area contributed by atoms with Gasteiger partial charge in [0.2, 0.25) is 0 Å². The summed E-state index contributed by atoms with van der Waals surface area (Å²) in [5.74, 6) is -1.26. The van der Waals surface area contributed by atoms with Gasteiger partial charge in [-0.3, -0.25) is 14.9 Å². The zero-order chi connectivity index (χ0) is 14.6. The quantitative estimate of drug-likeness (QED) is 0.657. The summed E-state index contributed by atoms with van der Waals surface area (Å²) in [6, 6.07) is 1.93. The maximum absolute atomic E-state index is 13.5. The Morgan fingerprint density at radius 3 is 2.63 bits per heavy atom. The first-order valence-corrected chi connectivity index (χ1v) is 5.83. The van der Waals surface area contributed by atoms with Crippen molar-refractivity contribution in [1.29, 1.82) is 0 Å². The first-order valence-electron chi connectivity index (χ1n) is 5.83. The minimum atomic E-state index is -0.760. The van der Waals surface area contributed by atoms with Crippen LogP contribution >= 0.6 is 0 Å². The van der Waals surface area contributed by atoms with Crippen molar-refractivity contribution in [3.8, 4) is 0 Å². The normalized spacial score (nSPS) is 10.1. The van der Waals surface area contributed by atoms with Crippen LogP contribution in [0.2, 0.25) is 0 Å². The van der Waals surface area contributed by atoms with E-state index in [-0.39, 0.29) is 11.3 Å². The Balaban J connectivity index is 3.31. The van der Waals surface area contributed by atoms with E-state index in [0.717, 1.165) is 12.5 Å². The zero-order valence-electron chi connectivity index (χ0n) is 11.1. The van der Waals surface area contributed by atoms with Crippen molar-refractivity contribution in [1.82, 2.24) is 4.90 Å². The van der Waals surface area contributed by atoms with Crippen LogP contribution in [0.25, 0.3) is 0 Å². The molecule has 19 heavy (non-hydrogen) atoms. The summed E-state index contributed by atoms with van der Waals surface area (Å²) in [6.07, 6.45) is 0.732. The number of hydrogen-bond acceptors (Lipinski definition) is 4. The summed E-state index contributed by atoms with van der Waals surface area (Å²) < 4.78 is 13.5. The molecule has 7 heteroatoms. The molecule has 0 aliphatic carbocycles. The molecule has 0 heterocycles. The molecule has 1 rings (SSSR count). The van der Waals surface area contributed by atoms with E-state index in [1.165, 1.54) is 18.0 Å². The maximum Gasteiger partial charge on any atom is 0.285 e. The Hall–Kier alpha value is -2.18. The molecule has 0 saturated heterocycles. The molecular weight excluding hydrogens is 253 g/mol. The molecule has 0 saturated carbocycles. The number of benzene rings is 1. The SMILES string of the molecule is CCCN(C)C(=O)c1cc(NC)c(F)cc1[N+](=O)[O-]. The molecular formula is C12H16FN3O3. The van der Waals surface area contributed by atoms with E-state index in [0.29, 0.717) is 6.54 Å². The van der Waals surface area contributed by atoms with Gasteiger partial charge in [0.05, 0.1) is 16.7 Å². The number of carbonyl (C=O) groups is 1. The van der Waals surface area contributed by atoms with E-state index in [1.54, 1.807) is 7.05 Å². The molecule has 0 aliphatic rings. The molecule has 0 spiro atoms. The molecule has 0 radical (unpaired) electrons. The highest BCUT2D eigenvalue weighted by Crippen LogP contribution is 2.26. The monoisotopic (exact) mass is 269 g/mol. The Kier molecular flexibility index (Phi) is 4.80. The first-order chi connectivity index (χ1) is 8.92. The smallest absolute Gasteiger partial charge is 0.285 e. The number of rotatable bonds is 5. The number of nitro groups is 1. The van der Waals surface area contributed by atoms with Gasteiger partial charge in [0.25, 0.3) is 11.6 Å². The Morgan fingerprint density at radius 1 is 1.53 bits per heavy atom. The van der Waals surface area contributed by atoms with Crippen LogP contribution in [0.3, 0.4) is 0 Å². The molecule has 0 bridgehead atoms. The van der Waals surface area contributed by atoms with Gasteiger partial charge in [-0.25, -0.2) is 4.39 Å². The topological polar surface area (TPSA) is 75.5 Å². The van der Waals surface area contributed by atoms with Gasteiger partial charge >= 0.3 is 0 Å². The zero-order valence-corrected chi connectivity index (χ0v) is 11.1. The second kappa shape index (κ2) is 6.12. The lowest BCUT2D eigenvalue weighted by Crippen LogP contribution is -2.28. The van der Waals surface area contributed by atoms with Crippen molar-refractivity contribution >= 4 is 17.3 Å². The fourth-order valence-corrected chi connectivity index (χ4v) is 1.72. The van der Waals surface area contributed by atoms with Gasteiger partial charge in [-0.1, -0.05) is 6.92 Å². The molecule has 0 aliphatic heterocycles. The Morgan fingerprint density at radius 2 is 2.16 bits per heavy atom. The predicted octanol–water partition coefficient (Wildman–Crippen LogP) is 2.26. The highest BCUT2D eigenvalue weighted by molar-refractivity contribution is 5.99. The minimum absolute atomic E-state index is 0.0545. The fraction of sp³-hybridized carbons (Fsp3) is 0.417. The van der Waals surface area contributed by atoms with Crippen LogP contribution in [0.15, 0.2) is 12.1 Å². The summed E-state index contributed by atoms with van der Waals surface area (Å²) in [6.45, 7) is 2.37. The first kappa shape index (κ1) is 14.9. The van der Waals surface area contributed by atoms with Gasteiger partial charge in [-0.2, -0.15) is 0 Å². The van der Waals surface area contributed by atoms with E-state index in [4.69, 9.17) is 0 Å². The molecule has 1 amide bonds. The summed E-state index contributed by atoms with van der Waals surface area (Å²) in [5, 5.41) is 13.5.